The van der Waals surface area contributed by atoms with E-state index in [9.17, 15) is 4.79 Å². The maximum Gasteiger partial charge on any atom is 0.251 e. The highest BCUT2D eigenvalue weighted by Gasteiger charge is 2.28. The number of rotatable bonds is 2. The van der Waals surface area contributed by atoms with Crippen molar-refractivity contribution >= 4 is 18.3 Å². The van der Waals surface area contributed by atoms with Crippen molar-refractivity contribution in [3.8, 4) is 0 Å². The molecule has 1 aliphatic heterocycles. The fraction of sp³-hybridized carbons (Fsp3) is 0.500. The Balaban J connectivity index is 0.00000162. The fourth-order valence-electron chi connectivity index (χ4n) is 2.43. The number of amides is 1. The first-order valence-corrected chi connectivity index (χ1v) is 6.28. The van der Waals surface area contributed by atoms with E-state index in [1.54, 1.807) is 0 Å². The zero-order valence-electron chi connectivity index (χ0n) is 10.8. The third-order valence-corrected chi connectivity index (χ3v) is 3.55. The summed E-state index contributed by atoms with van der Waals surface area (Å²) in [6.45, 7) is 5.37. The molecule has 1 fully saturated rings. The van der Waals surface area contributed by atoms with Crippen LogP contribution in [-0.2, 0) is 0 Å². The summed E-state index contributed by atoms with van der Waals surface area (Å²) in [5.74, 6) is 0.553. The van der Waals surface area contributed by atoms with Crippen molar-refractivity contribution in [1.82, 2.24) is 10.6 Å². The minimum atomic E-state index is 0. The third kappa shape index (κ3) is 3.47. The summed E-state index contributed by atoms with van der Waals surface area (Å²) < 4.78 is 0. The van der Waals surface area contributed by atoms with Crippen LogP contribution in [0.25, 0.3) is 0 Å². The lowest BCUT2D eigenvalue weighted by Crippen LogP contribution is -2.55. The number of piperidine rings is 1. The van der Waals surface area contributed by atoms with Crippen molar-refractivity contribution in [2.24, 2.45) is 5.92 Å². The number of nitrogens with one attached hydrogen (secondary N) is 2. The van der Waals surface area contributed by atoms with Gasteiger partial charge in [0.25, 0.3) is 5.91 Å². The SMILES string of the molecule is CC1CCNC(C)C1NC(=O)c1ccccc1.Cl. The molecule has 2 N–H and O–H groups in total. The van der Waals surface area contributed by atoms with Crippen molar-refractivity contribution in [3.63, 3.8) is 0 Å². The van der Waals surface area contributed by atoms with Crippen molar-refractivity contribution in [2.75, 3.05) is 6.54 Å². The van der Waals surface area contributed by atoms with E-state index in [1.165, 1.54) is 0 Å². The minimum absolute atomic E-state index is 0. The Morgan fingerprint density at radius 1 is 1.28 bits per heavy atom. The Hall–Kier alpha value is -1.06. The summed E-state index contributed by atoms with van der Waals surface area (Å²) in [6.07, 6.45) is 1.12. The first-order valence-electron chi connectivity index (χ1n) is 6.28. The van der Waals surface area contributed by atoms with E-state index in [0.29, 0.717) is 12.0 Å². The summed E-state index contributed by atoms with van der Waals surface area (Å²) in [6, 6.07) is 9.95. The highest BCUT2D eigenvalue weighted by molar-refractivity contribution is 5.94. The fourth-order valence-corrected chi connectivity index (χ4v) is 2.43. The average molecular weight is 269 g/mol. The Morgan fingerprint density at radius 2 is 1.94 bits per heavy atom. The molecule has 3 unspecified atom stereocenters. The van der Waals surface area contributed by atoms with Gasteiger partial charge in [-0.2, -0.15) is 0 Å². The number of carbonyl (C=O) groups excluding carboxylic acids is 1. The molecule has 3 nitrogen and oxygen atoms in total. The predicted octanol–water partition coefficient (Wildman–Crippen LogP) is 2.22. The number of hydrogen-bond donors (Lipinski definition) is 2. The van der Waals surface area contributed by atoms with Crippen molar-refractivity contribution in [3.05, 3.63) is 35.9 Å². The molecule has 1 aromatic rings. The molecule has 18 heavy (non-hydrogen) atoms. The van der Waals surface area contributed by atoms with Gasteiger partial charge in [0, 0.05) is 17.6 Å². The van der Waals surface area contributed by atoms with Gasteiger partial charge in [0.15, 0.2) is 0 Å². The molecule has 1 aromatic carbocycles. The molecule has 1 saturated heterocycles. The van der Waals surface area contributed by atoms with Crippen LogP contribution in [-0.4, -0.2) is 24.5 Å². The first kappa shape index (κ1) is 15.0. The minimum Gasteiger partial charge on any atom is -0.347 e. The second kappa shape index (κ2) is 6.76. The molecule has 2 rings (SSSR count). The van der Waals surface area contributed by atoms with Crippen LogP contribution in [0.15, 0.2) is 30.3 Å². The van der Waals surface area contributed by atoms with Gasteiger partial charge in [-0.05, 0) is 37.9 Å². The molecule has 0 aromatic heterocycles. The predicted molar refractivity (Wildman–Crippen MR) is 76.2 cm³/mol. The van der Waals surface area contributed by atoms with Crippen LogP contribution in [0, 0.1) is 5.92 Å². The van der Waals surface area contributed by atoms with Gasteiger partial charge >= 0.3 is 0 Å². The topological polar surface area (TPSA) is 41.1 Å². The van der Waals surface area contributed by atoms with Gasteiger partial charge in [-0.3, -0.25) is 4.79 Å². The second-order valence-electron chi connectivity index (χ2n) is 4.87. The summed E-state index contributed by atoms with van der Waals surface area (Å²) in [5, 5.41) is 6.54. The summed E-state index contributed by atoms with van der Waals surface area (Å²) in [5.41, 5.74) is 0.734. The molecule has 4 heteroatoms. The van der Waals surface area contributed by atoms with Gasteiger partial charge in [-0.1, -0.05) is 25.1 Å². The zero-order valence-corrected chi connectivity index (χ0v) is 11.7. The molecular weight excluding hydrogens is 248 g/mol. The highest BCUT2D eigenvalue weighted by Crippen LogP contribution is 2.16. The van der Waals surface area contributed by atoms with Crippen LogP contribution in [0.3, 0.4) is 0 Å². The van der Waals surface area contributed by atoms with Crippen LogP contribution >= 0.6 is 12.4 Å². The van der Waals surface area contributed by atoms with Crippen LogP contribution in [0.1, 0.15) is 30.6 Å². The molecule has 100 valence electrons. The summed E-state index contributed by atoms with van der Waals surface area (Å²) in [4.78, 5) is 12.1. The monoisotopic (exact) mass is 268 g/mol. The van der Waals surface area contributed by atoms with E-state index in [1.807, 2.05) is 30.3 Å². The van der Waals surface area contributed by atoms with E-state index in [0.717, 1.165) is 18.5 Å². The number of hydrogen-bond acceptors (Lipinski definition) is 2. The summed E-state index contributed by atoms with van der Waals surface area (Å²) >= 11 is 0. The average Bonchev–Trinajstić information content (AvgIpc) is 2.35. The summed E-state index contributed by atoms with van der Waals surface area (Å²) in [7, 11) is 0. The molecule has 0 spiro atoms. The number of carbonyl (C=O) groups is 1. The molecule has 1 amide bonds. The maximum atomic E-state index is 12.1. The molecule has 0 bridgehead atoms. The quantitative estimate of drug-likeness (QED) is 0.864. The molecule has 0 saturated carbocycles. The lowest BCUT2D eigenvalue weighted by Gasteiger charge is -2.36. The Morgan fingerprint density at radius 3 is 2.56 bits per heavy atom. The maximum absolute atomic E-state index is 12.1. The van der Waals surface area contributed by atoms with Crippen LogP contribution in [0.4, 0.5) is 0 Å². The van der Waals surface area contributed by atoms with E-state index >= 15 is 0 Å². The number of halogens is 1. The number of benzene rings is 1. The van der Waals surface area contributed by atoms with Crippen molar-refractivity contribution < 1.29 is 4.79 Å². The van der Waals surface area contributed by atoms with Gasteiger partial charge in [0.05, 0.1) is 0 Å². The van der Waals surface area contributed by atoms with Crippen LogP contribution < -0.4 is 10.6 Å². The van der Waals surface area contributed by atoms with Gasteiger partial charge < -0.3 is 10.6 Å². The van der Waals surface area contributed by atoms with Gasteiger partial charge in [0.2, 0.25) is 0 Å². The Bertz CT molecular complexity index is 373. The molecule has 1 heterocycles. The largest absolute Gasteiger partial charge is 0.347 e. The zero-order chi connectivity index (χ0) is 12.3. The standard InChI is InChI=1S/C14H20N2O.ClH/c1-10-8-9-15-11(2)13(10)16-14(17)12-6-4-3-5-7-12;/h3-7,10-11,13,15H,8-9H2,1-2H3,(H,16,17);1H. The Kier molecular flexibility index (Phi) is 5.63. The molecule has 1 aliphatic rings. The van der Waals surface area contributed by atoms with E-state index in [2.05, 4.69) is 24.5 Å². The smallest absolute Gasteiger partial charge is 0.251 e. The van der Waals surface area contributed by atoms with Crippen LogP contribution in [0.5, 0.6) is 0 Å². The molecule has 3 atom stereocenters. The molecular formula is C14H21ClN2O. The lowest BCUT2D eigenvalue weighted by molar-refractivity contribution is 0.0897. The Labute approximate surface area is 115 Å². The normalized spacial score (nSPS) is 27.1. The van der Waals surface area contributed by atoms with E-state index < -0.39 is 0 Å². The first-order chi connectivity index (χ1) is 8.18. The molecule has 0 aliphatic carbocycles. The van der Waals surface area contributed by atoms with Gasteiger partial charge in [0.1, 0.15) is 0 Å². The van der Waals surface area contributed by atoms with Crippen molar-refractivity contribution in [2.45, 2.75) is 32.4 Å². The van der Waals surface area contributed by atoms with Crippen molar-refractivity contribution in [1.29, 1.82) is 0 Å². The van der Waals surface area contributed by atoms with Gasteiger partial charge in [-0.25, -0.2) is 0 Å². The van der Waals surface area contributed by atoms with Gasteiger partial charge in [-0.15, -0.1) is 12.4 Å². The molecule has 0 radical (unpaired) electrons. The second-order valence-corrected chi connectivity index (χ2v) is 4.87. The van der Waals surface area contributed by atoms with E-state index in [4.69, 9.17) is 0 Å². The van der Waals surface area contributed by atoms with Crippen LogP contribution in [0.2, 0.25) is 0 Å². The third-order valence-electron chi connectivity index (χ3n) is 3.55. The highest BCUT2D eigenvalue weighted by atomic mass is 35.5. The lowest BCUT2D eigenvalue weighted by atomic mass is 9.89. The van der Waals surface area contributed by atoms with E-state index in [-0.39, 0.29) is 24.4 Å².